The second kappa shape index (κ2) is 5.42. The number of fused-ring (bicyclic) bond motifs is 2. The first kappa shape index (κ1) is 14.3. The third-order valence-electron chi connectivity index (χ3n) is 4.10. The molecule has 0 aliphatic carbocycles. The van der Waals surface area contributed by atoms with Crippen LogP contribution < -0.4 is 14.4 Å². The SMILES string of the molecule is CC1Cc2cc(Cl)ccc2N1C(=O)c1ccc2c(n1)OCCO2. The molecule has 0 radical (unpaired) electrons. The highest BCUT2D eigenvalue weighted by molar-refractivity contribution is 6.30. The van der Waals surface area contributed by atoms with Crippen molar-refractivity contribution in [3.8, 4) is 11.6 Å². The highest BCUT2D eigenvalue weighted by Crippen LogP contribution is 2.35. The van der Waals surface area contributed by atoms with Crippen molar-refractivity contribution in [2.24, 2.45) is 0 Å². The highest BCUT2D eigenvalue weighted by atomic mass is 35.5. The minimum Gasteiger partial charge on any atom is -0.484 e. The molecular weight excluding hydrogens is 316 g/mol. The second-order valence-electron chi connectivity index (χ2n) is 5.70. The summed E-state index contributed by atoms with van der Waals surface area (Å²) in [5.74, 6) is 0.815. The molecular formula is C17H15ClN2O3. The lowest BCUT2D eigenvalue weighted by atomic mass is 10.1. The molecule has 5 nitrogen and oxygen atoms in total. The molecule has 2 aliphatic rings. The average Bonchev–Trinajstić information content (AvgIpc) is 2.88. The van der Waals surface area contributed by atoms with Crippen LogP contribution in [0.4, 0.5) is 5.69 Å². The first-order chi connectivity index (χ1) is 11.1. The van der Waals surface area contributed by atoms with E-state index in [4.69, 9.17) is 21.1 Å². The van der Waals surface area contributed by atoms with E-state index in [0.717, 1.165) is 17.7 Å². The Bertz CT molecular complexity index is 793. The molecule has 1 aromatic carbocycles. The van der Waals surface area contributed by atoms with Gasteiger partial charge in [0.05, 0.1) is 0 Å². The zero-order valence-corrected chi connectivity index (χ0v) is 13.3. The number of amides is 1. The lowest BCUT2D eigenvalue weighted by molar-refractivity contribution is 0.0973. The minimum absolute atomic E-state index is 0.0611. The van der Waals surface area contributed by atoms with Crippen molar-refractivity contribution in [2.45, 2.75) is 19.4 Å². The number of ether oxygens (including phenoxy) is 2. The summed E-state index contributed by atoms with van der Waals surface area (Å²) in [4.78, 5) is 19.0. The van der Waals surface area contributed by atoms with Gasteiger partial charge in [-0.1, -0.05) is 11.6 Å². The number of carbonyl (C=O) groups is 1. The van der Waals surface area contributed by atoms with Crippen LogP contribution in [0.3, 0.4) is 0 Å². The molecule has 4 rings (SSSR count). The van der Waals surface area contributed by atoms with E-state index in [2.05, 4.69) is 4.98 Å². The molecule has 0 bridgehead atoms. The molecule has 2 aliphatic heterocycles. The number of hydrogen-bond acceptors (Lipinski definition) is 4. The Labute approximate surface area is 138 Å². The summed E-state index contributed by atoms with van der Waals surface area (Å²) >= 11 is 6.05. The molecule has 118 valence electrons. The van der Waals surface area contributed by atoms with E-state index in [-0.39, 0.29) is 11.9 Å². The van der Waals surface area contributed by atoms with E-state index in [0.29, 0.717) is 35.6 Å². The third kappa shape index (κ3) is 2.41. The fourth-order valence-electron chi connectivity index (χ4n) is 3.08. The van der Waals surface area contributed by atoms with Gasteiger partial charge in [-0.25, -0.2) is 4.98 Å². The van der Waals surface area contributed by atoms with Crippen molar-refractivity contribution in [3.63, 3.8) is 0 Å². The number of carbonyl (C=O) groups excluding carboxylic acids is 1. The normalized spacial score (nSPS) is 18.7. The standard InChI is InChI=1S/C17H15ClN2O3/c1-10-8-11-9-12(18)2-4-14(11)20(10)17(21)13-3-5-15-16(19-13)23-7-6-22-15/h2-5,9-10H,6-8H2,1H3. The zero-order chi connectivity index (χ0) is 16.0. The van der Waals surface area contributed by atoms with Crippen LogP contribution in [0.5, 0.6) is 11.6 Å². The molecule has 1 amide bonds. The monoisotopic (exact) mass is 330 g/mol. The number of rotatable bonds is 1. The molecule has 0 spiro atoms. The van der Waals surface area contributed by atoms with Gasteiger partial charge in [0.25, 0.3) is 11.8 Å². The van der Waals surface area contributed by atoms with Gasteiger partial charge in [0.1, 0.15) is 18.9 Å². The molecule has 1 aromatic heterocycles. The molecule has 3 heterocycles. The van der Waals surface area contributed by atoms with Gasteiger partial charge in [-0.3, -0.25) is 4.79 Å². The third-order valence-corrected chi connectivity index (χ3v) is 4.34. The maximum atomic E-state index is 12.9. The molecule has 0 saturated carbocycles. The van der Waals surface area contributed by atoms with Crippen LogP contribution in [-0.2, 0) is 6.42 Å². The summed E-state index contributed by atoms with van der Waals surface area (Å²) in [6.45, 7) is 2.96. The van der Waals surface area contributed by atoms with Crippen LogP contribution in [-0.4, -0.2) is 30.1 Å². The Morgan fingerprint density at radius 3 is 2.96 bits per heavy atom. The van der Waals surface area contributed by atoms with Crippen LogP contribution in [0.15, 0.2) is 30.3 Å². The van der Waals surface area contributed by atoms with Gasteiger partial charge in [-0.05, 0) is 49.2 Å². The van der Waals surface area contributed by atoms with Gasteiger partial charge < -0.3 is 14.4 Å². The molecule has 0 saturated heterocycles. The Morgan fingerprint density at radius 1 is 1.26 bits per heavy atom. The van der Waals surface area contributed by atoms with Gasteiger partial charge in [0.15, 0.2) is 5.75 Å². The fraction of sp³-hybridized carbons (Fsp3) is 0.294. The number of benzene rings is 1. The van der Waals surface area contributed by atoms with E-state index in [1.165, 1.54) is 0 Å². The summed E-state index contributed by atoms with van der Waals surface area (Å²) in [7, 11) is 0. The minimum atomic E-state index is -0.143. The van der Waals surface area contributed by atoms with Crippen molar-refractivity contribution in [1.29, 1.82) is 0 Å². The van der Waals surface area contributed by atoms with Crippen LogP contribution in [0, 0.1) is 0 Å². The summed E-state index contributed by atoms with van der Waals surface area (Å²) in [6.07, 6.45) is 0.784. The van der Waals surface area contributed by atoms with Crippen LogP contribution in [0.25, 0.3) is 0 Å². The maximum absolute atomic E-state index is 12.9. The first-order valence-corrected chi connectivity index (χ1v) is 7.90. The first-order valence-electron chi connectivity index (χ1n) is 7.52. The van der Waals surface area contributed by atoms with Crippen molar-refractivity contribution in [1.82, 2.24) is 4.98 Å². The molecule has 0 fully saturated rings. The molecule has 1 unspecified atom stereocenters. The van der Waals surface area contributed by atoms with Gasteiger partial charge in [-0.2, -0.15) is 0 Å². The van der Waals surface area contributed by atoms with Crippen molar-refractivity contribution in [3.05, 3.63) is 46.6 Å². The summed E-state index contributed by atoms with van der Waals surface area (Å²) in [5.41, 5.74) is 2.32. The second-order valence-corrected chi connectivity index (χ2v) is 6.13. The topological polar surface area (TPSA) is 51.7 Å². The van der Waals surface area contributed by atoms with Gasteiger partial charge in [0.2, 0.25) is 0 Å². The quantitative estimate of drug-likeness (QED) is 0.806. The Balaban J connectivity index is 1.70. The van der Waals surface area contributed by atoms with Crippen molar-refractivity contribution < 1.29 is 14.3 Å². The lowest BCUT2D eigenvalue weighted by Gasteiger charge is -2.23. The number of halogens is 1. The summed E-state index contributed by atoms with van der Waals surface area (Å²) < 4.78 is 10.9. The largest absolute Gasteiger partial charge is 0.484 e. The van der Waals surface area contributed by atoms with E-state index in [1.807, 2.05) is 19.1 Å². The van der Waals surface area contributed by atoms with E-state index in [1.54, 1.807) is 23.1 Å². The van der Waals surface area contributed by atoms with Crippen molar-refractivity contribution >= 4 is 23.2 Å². The number of hydrogen-bond donors (Lipinski definition) is 0. The number of aromatic nitrogens is 1. The number of anilines is 1. The van der Waals surface area contributed by atoms with Crippen LogP contribution >= 0.6 is 11.6 Å². The van der Waals surface area contributed by atoms with Crippen molar-refractivity contribution in [2.75, 3.05) is 18.1 Å². The summed E-state index contributed by atoms with van der Waals surface area (Å²) in [5, 5.41) is 0.683. The fourth-order valence-corrected chi connectivity index (χ4v) is 3.28. The lowest BCUT2D eigenvalue weighted by Crippen LogP contribution is -2.36. The van der Waals surface area contributed by atoms with Gasteiger partial charge in [-0.15, -0.1) is 0 Å². The maximum Gasteiger partial charge on any atom is 0.277 e. The van der Waals surface area contributed by atoms with Gasteiger partial charge >= 0.3 is 0 Å². The van der Waals surface area contributed by atoms with E-state index < -0.39 is 0 Å². The Morgan fingerprint density at radius 2 is 2.09 bits per heavy atom. The number of pyridine rings is 1. The highest BCUT2D eigenvalue weighted by Gasteiger charge is 2.32. The average molecular weight is 331 g/mol. The smallest absolute Gasteiger partial charge is 0.277 e. The zero-order valence-electron chi connectivity index (χ0n) is 12.6. The molecule has 0 N–H and O–H groups in total. The van der Waals surface area contributed by atoms with E-state index >= 15 is 0 Å². The Hall–Kier alpha value is -2.27. The molecule has 6 heteroatoms. The molecule has 2 aromatic rings. The van der Waals surface area contributed by atoms with Gasteiger partial charge in [0, 0.05) is 16.8 Å². The predicted octanol–water partition coefficient (Wildman–Crippen LogP) is 3.10. The van der Waals surface area contributed by atoms with Crippen LogP contribution in [0.1, 0.15) is 23.0 Å². The Kier molecular flexibility index (Phi) is 3.38. The number of nitrogens with zero attached hydrogens (tertiary/aromatic N) is 2. The summed E-state index contributed by atoms with van der Waals surface area (Å²) in [6, 6.07) is 9.07. The predicted molar refractivity (Wildman–Crippen MR) is 86.7 cm³/mol. The van der Waals surface area contributed by atoms with E-state index in [9.17, 15) is 4.79 Å². The molecule has 1 atom stereocenters. The molecule has 23 heavy (non-hydrogen) atoms. The van der Waals surface area contributed by atoms with Crippen LogP contribution in [0.2, 0.25) is 5.02 Å².